The van der Waals surface area contributed by atoms with Gasteiger partial charge < -0.3 is 9.64 Å². The Morgan fingerprint density at radius 3 is 2.45 bits per heavy atom. The second-order valence-electron chi connectivity index (χ2n) is 7.46. The molecule has 0 saturated carbocycles. The number of nitrogens with zero attached hydrogens (tertiary/aromatic N) is 3. The van der Waals surface area contributed by atoms with Gasteiger partial charge in [-0.2, -0.15) is 0 Å². The normalized spacial score (nSPS) is 11.3. The van der Waals surface area contributed by atoms with Crippen molar-refractivity contribution >= 4 is 44.4 Å². The molecule has 0 unspecified atom stereocenters. The second-order valence-corrected chi connectivity index (χ2v) is 9.49. The third-order valence-corrected chi connectivity index (χ3v) is 7.52. The van der Waals surface area contributed by atoms with Gasteiger partial charge >= 0.3 is 0 Å². The second kappa shape index (κ2) is 11.0. The average Bonchev–Trinajstić information content (AvgIpc) is 3.19. The van der Waals surface area contributed by atoms with Gasteiger partial charge in [0.2, 0.25) is 5.91 Å². The molecule has 0 aliphatic heterocycles. The monoisotopic (exact) mass is 457 g/mol. The number of aromatic nitrogens is 1. The van der Waals surface area contributed by atoms with E-state index in [0.717, 1.165) is 45.6 Å². The fraction of sp³-hybridized carbons (Fsp3) is 0.417. The number of thiazole rings is 1. The van der Waals surface area contributed by atoms with Crippen molar-refractivity contribution in [3.8, 4) is 5.75 Å². The van der Waals surface area contributed by atoms with Crippen LogP contribution >= 0.6 is 23.1 Å². The molecule has 0 radical (unpaired) electrons. The van der Waals surface area contributed by atoms with Gasteiger partial charge in [-0.1, -0.05) is 31.3 Å². The molecule has 1 aromatic heterocycles. The van der Waals surface area contributed by atoms with E-state index in [1.165, 1.54) is 11.1 Å². The molecular formula is C24H31N3O2S2. The van der Waals surface area contributed by atoms with Crippen molar-refractivity contribution in [3.05, 3.63) is 47.5 Å². The number of methoxy groups -OCH3 is 1. The zero-order chi connectivity index (χ0) is 22.4. The van der Waals surface area contributed by atoms with Crippen molar-refractivity contribution < 1.29 is 9.53 Å². The molecular weight excluding hydrogens is 426 g/mol. The van der Waals surface area contributed by atoms with Crippen molar-refractivity contribution in [2.75, 3.05) is 43.9 Å². The molecule has 7 heteroatoms. The standard InChI is InChI=1S/C24H31N3O2S2/c1-6-26(7-2)12-13-27(22(28)16-30-20-10-8-19(29-5)9-11-20)24-25-21-15-17(3)14-18(4)23(21)31-24/h8-11,14-15H,6-7,12-13,16H2,1-5H3. The summed E-state index contributed by atoms with van der Waals surface area (Å²) in [6.45, 7) is 11.9. The molecule has 3 rings (SSSR count). The van der Waals surface area contributed by atoms with E-state index in [1.807, 2.05) is 29.2 Å². The Hall–Kier alpha value is -2.09. The quantitative estimate of drug-likeness (QED) is 0.382. The number of anilines is 1. The van der Waals surface area contributed by atoms with Crippen LogP contribution in [0.3, 0.4) is 0 Å². The molecule has 0 saturated heterocycles. The van der Waals surface area contributed by atoms with Gasteiger partial charge in [0, 0.05) is 18.0 Å². The highest BCUT2D eigenvalue weighted by molar-refractivity contribution is 8.00. The van der Waals surface area contributed by atoms with Crippen molar-refractivity contribution in [3.63, 3.8) is 0 Å². The number of carbonyl (C=O) groups excluding carboxylic acids is 1. The van der Waals surface area contributed by atoms with Gasteiger partial charge in [0.1, 0.15) is 5.75 Å². The van der Waals surface area contributed by atoms with Crippen LogP contribution in [0.25, 0.3) is 10.2 Å². The highest BCUT2D eigenvalue weighted by Gasteiger charge is 2.21. The molecule has 0 bridgehead atoms. The SMILES string of the molecule is CCN(CC)CCN(C(=O)CSc1ccc(OC)cc1)c1nc2cc(C)cc(C)c2s1. The van der Waals surface area contributed by atoms with Crippen LogP contribution < -0.4 is 9.64 Å². The summed E-state index contributed by atoms with van der Waals surface area (Å²) in [5.74, 6) is 1.27. The number of ether oxygens (including phenoxy) is 1. The smallest absolute Gasteiger partial charge is 0.239 e. The van der Waals surface area contributed by atoms with Crippen LogP contribution in [0.2, 0.25) is 0 Å². The number of hydrogen-bond donors (Lipinski definition) is 0. The lowest BCUT2D eigenvalue weighted by Gasteiger charge is -2.24. The zero-order valence-electron chi connectivity index (χ0n) is 19.0. The molecule has 3 aromatic rings. The predicted octanol–water partition coefficient (Wildman–Crippen LogP) is 5.39. The molecule has 0 N–H and O–H groups in total. The molecule has 0 aliphatic carbocycles. The maximum atomic E-state index is 13.3. The number of likely N-dealkylation sites (N-methyl/N-ethyl adjacent to an activating group) is 1. The highest BCUT2D eigenvalue weighted by atomic mass is 32.2. The number of thioether (sulfide) groups is 1. The lowest BCUT2D eigenvalue weighted by atomic mass is 10.1. The third-order valence-electron chi connectivity index (χ3n) is 5.30. The van der Waals surface area contributed by atoms with Crippen LogP contribution in [-0.4, -0.2) is 54.8 Å². The molecule has 0 fully saturated rings. The van der Waals surface area contributed by atoms with E-state index in [1.54, 1.807) is 30.2 Å². The maximum Gasteiger partial charge on any atom is 0.239 e. The number of hydrogen-bond acceptors (Lipinski definition) is 6. The summed E-state index contributed by atoms with van der Waals surface area (Å²) in [5, 5.41) is 0.788. The molecule has 0 spiro atoms. The van der Waals surface area contributed by atoms with Crippen LogP contribution in [0, 0.1) is 13.8 Å². The summed E-state index contributed by atoms with van der Waals surface area (Å²) in [6, 6.07) is 12.1. The van der Waals surface area contributed by atoms with E-state index in [-0.39, 0.29) is 5.91 Å². The fourth-order valence-electron chi connectivity index (χ4n) is 3.48. The van der Waals surface area contributed by atoms with E-state index in [2.05, 4.69) is 44.7 Å². The highest BCUT2D eigenvalue weighted by Crippen LogP contribution is 2.33. The minimum atomic E-state index is 0.0846. The van der Waals surface area contributed by atoms with Crippen LogP contribution in [0.1, 0.15) is 25.0 Å². The fourth-order valence-corrected chi connectivity index (χ4v) is 5.32. The van der Waals surface area contributed by atoms with Crippen LogP contribution in [0.15, 0.2) is 41.3 Å². The molecule has 2 aromatic carbocycles. The van der Waals surface area contributed by atoms with Gasteiger partial charge in [0.25, 0.3) is 0 Å². The number of amides is 1. The number of rotatable bonds is 10. The van der Waals surface area contributed by atoms with Crippen molar-refractivity contribution in [2.24, 2.45) is 0 Å². The van der Waals surface area contributed by atoms with Crippen molar-refractivity contribution in [1.29, 1.82) is 0 Å². The van der Waals surface area contributed by atoms with E-state index in [9.17, 15) is 4.79 Å². The predicted molar refractivity (Wildman–Crippen MR) is 133 cm³/mol. The Morgan fingerprint density at radius 1 is 1.10 bits per heavy atom. The average molecular weight is 458 g/mol. The summed E-state index contributed by atoms with van der Waals surface area (Å²) >= 11 is 3.16. The van der Waals surface area contributed by atoms with Crippen molar-refractivity contribution in [2.45, 2.75) is 32.6 Å². The molecule has 0 atom stereocenters. The van der Waals surface area contributed by atoms with E-state index < -0.39 is 0 Å². The summed E-state index contributed by atoms with van der Waals surface area (Å²) in [5.41, 5.74) is 3.38. The summed E-state index contributed by atoms with van der Waals surface area (Å²) in [7, 11) is 1.65. The van der Waals surface area contributed by atoms with Gasteiger partial charge in [-0.3, -0.25) is 9.69 Å². The lowest BCUT2D eigenvalue weighted by Crippen LogP contribution is -2.39. The molecule has 31 heavy (non-hydrogen) atoms. The Balaban J connectivity index is 1.81. The summed E-state index contributed by atoms with van der Waals surface area (Å²) < 4.78 is 6.37. The Labute approximate surface area is 193 Å². The first-order valence-electron chi connectivity index (χ1n) is 10.6. The third kappa shape index (κ3) is 5.99. The van der Waals surface area contributed by atoms with Crippen molar-refractivity contribution in [1.82, 2.24) is 9.88 Å². The first-order valence-corrected chi connectivity index (χ1v) is 12.4. The Bertz CT molecular complexity index is 1010. The number of fused-ring (bicyclic) bond motifs is 1. The zero-order valence-corrected chi connectivity index (χ0v) is 20.6. The largest absolute Gasteiger partial charge is 0.497 e. The molecule has 166 valence electrons. The molecule has 0 aliphatic rings. The van der Waals surface area contributed by atoms with Gasteiger partial charge in [-0.15, -0.1) is 11.8 Å². The van der Waals surface area contributed by atoms with Gasteiger partial charge in [-0.05, 0) is 68.4 Å². The lowest BCUT2D eigenvalue weighted by molar-refractivity contribution is -0.116. The minimum Gasteiger partial charge on any atom is -0.497 e. The van der Waals surface area contributed by atoms with Gasteiger partial charge in [-0.25, -0.2) is 4.98 Å². The van der Waals surface area contributed by atoms with E-state index in [4.69, 9.17) is 9.72 Å². The number of carbonyl (C=O) groups is 1. The first kappa shape index (κ1) is 23.6. The van der Waals surface area contributed by atoms with E-state index in [0.29, 0.717) is 12.3 Å². The number of benzene rings is 2. The molecule has 1 amide bonds. The van der Waals surface area contributed by atoms with Crippen LogP contribution in [-0.2, 0) is 4.79 Å². The van der Waals surface area contributed by atoms with E-state index >= 15 is 0 Å². The summed E-state index contributed by atoms with van der Waals surface area (Å²) in [6.07, 6.45) is 0. The summed E-state index contributed by atoms with van der Waals surface area (Å²) in [4.78, 5) is 23.4. The first-order chi connectivity index (χ1) is 14.9. The van der Waals surface area contributed by atoms with Gasteiger partial charge in [0.15, 0.2) is 5.13 Å². The number of aryl methyl sites for hydroxylation is 2. The minimum absolute atomic E-state index is 0.0846. The van der Waals surface area contributed by atoms with Crippen LogP contribution in [0.5, 0.6) is 5.75 Å². The molecule has 5 nitrogen and oxygen atoms in total. The molecule has 1 heterocycles. The Kier molecular flexibility index (Phi) is 8.35. The maximum absolute atomic E-state index is 13.3. The van der Waals surface area contributed by atoms with Gasteiger partial charge in [0.05, 0.1) is 23.1 Å². The Morgan fingerprint density at radius 2 is 1.81 bits per heavy atom. The topological polar surface area (TPSA) is 45.7 Å². The van der Waals surface area contributed by atoms with Crippen LogP contribution in [0.4, 0.5) is 5.13 Å².